The van der Waals surface area contributed by atoms with Crippen molar-refractivity contribution >= 4 is 0 Å². The summed E-state index contributed by atoms with van der Waals surface area (Å²) in [6.45, 7) is 4.88. The van der Waals surface area contributed by atoms with E-state index in [9.17, 15) is 0 Å². The molecule has 0 saturated carbocycles. The van der Waals surface area contributed by atoms with Gasteiger partial charge in [-0.1, -0.05) is 19.1 Å². The van der Waals surface area contributed by atoms with Gasteiger partial charge in [0.2, 0.25) is 0 Å². The van der Waals surface area contributed by atoms with Crippen LogP contribution in [0.2, 0.25) is 0 Å². The van der Waals surface area contributed by atoms with Crippen molar-refractivity contribution in [2.24, 2.45) is 5.84 Å². The average molecular weight is 194 g/mol. The quantitative estimate of drug-likeness (QED) is 0.556. The van der Waals surface area contributed by atoms with Gasteiger partial charge in [-0.05, 0) is 31.0 Å². The molecule has 1 atom stereocenters. The fourth-order valence-corrected chi connectivity index (χ4v) is 1.17. The molecule has 3 N–H and O–H groups in total. The molecule has 1 aromatic rings. The van der Waals surface area contributed by atoms with Gasteiger partial charge in [0.1, 0.15) is 5.75 Å². The fourth-order valence-electron chi connectivity index (χ4n) is 1.17. The smallest absolute Gasteiger partial charge is 0.119 e. The lowest BCUT2D eigenvalue weighted by Gasteiger charge is -2.11. The minimum Gasteiger partial charge on any atom is -0.494 e. The molecule has 0 saturated heterocycles. The first-order chi connectivity index (χ1) is 6.77. The summed E-state index contributed by atoms with van der Waals surface area (Å²) in [4.78, 5) is 0. The van der Waals surface area contributed by atoms with Crippen LogP contribution in [0, 0.1) is 0 Å². The van der Waals surface area contributed by atoms with Gasteiger partial charge in [-0.2, -0.15) is 0 Å². The summed E-state index contributed by atoms with van der Waals surface area (Å²) in [5.41, 5.74) is 3.87. The monoisotopic (exact) mass is 194 g/mol. The van der Waals surface area contributed by atoms with Crippen molar-refractivity contribution in [1.29, 1.82) is 0 Å². The molecule has 3 heteroatoms. The van der Waals surface area contributed by atoms with Crippen LogP contribution in [0.1, 0.15) is 31.9 Å². The summed E-state index contributed by atoms with van der Waals surface area (Å²) < 4.78 is 5.47. The molecule has 0 amide bonds. The van der Waals surface area contributed by atoms with E-state index in [-0.39, 0.29) is 6.04 Å². The molecule has 0 aromatic heterocycles. The highest BCUT2D eigenvalue weighted by Crippen LogP contribution is 2.16. The van der Waals surface area contributed by atoms with E-state index < -0.39 is 0 Å². The van der Waals surface area contributed by atoms with Gasteiger partial charge in [-0.15, -0.1) is 0 Å². The van der Waals surface area contributed by atoms with Crippen LogP contribution in [0.5, 0.6) is 5.75 Å². The Labute approximate surface area is 85.2 Å². The molecule has 0 aliphatic heterocycles. The normalized spacial score (nSPS) is 12.5. The molecule has 0 aliphatic carbocycles. The maximum absolute atomic E-state index is 5.47. The Kier molecular flexibility index (Phi) is 4.43. The molecule has 1 rings (SSSR count). The van der Waals surface area contributed by atoms with Gasteiger partial charge in [0.15, 0.2) is 0 Å². The number of hydrogen-bond acceptors (Lipinski definition) is 3. The van der Waals surface area contributed by atoms with Crippen LogP contribution < -0.4 is 16.0 Å². The van der Waals surface area contributed by atoms with Crippen molar-refractivity contribution < 1.29 is 4.74 Å². The van der Waals surface area contributed by atoms with Crippen molar-refractivity contribution in [1.82, 2.24) is 5.43 Å². The summed E-state index contributed by atoms with van der Waals surface area (Å²) >= 11 is 0. The predicted molar refractivity (Wildman–Crippen MR) is 58.0 cm³/mol. The average Bonchev–Trinajstić information content (AvgIpc) is 2.26. The van der Waals surface area contributed by atoms with Crippen LogP contribution in [0.15, 0.2) is 24.3 Å². The van der Waals surface area contributed by atoms with E-state index in [1.807, 2.05) is 31.2 Å². The summed E-state index contributed by atoms with van der Waals surface area (Å²) in [6.07, 6.45) is 1.03. The van der Waals surface area contributed by atoms with E-state index in [1.54, 1.807) is 0 Å². The highest BCUT2D eigenvalue weighted by Gasteiger charge is 2.01. The predicted octanol–water partition coefficient (Wildman–Crippen LogP) is 2.00. The Hall–Kier alpha value is -1.06. The van der Waals surface area contributed by atoms with Crippen molar-refractivity contribution in [2.45, 2.75) is 26.3 Å². The maximum Gasteiger partial charge on any atom is 0.119 e. The molecular weight excluding hydrogens is 176 g/mol. The van der Waals surface area contributed by atoms with Crippen molar-refractivity contribution in [2.75, 3.05) is 6.61 Å². The van der Waals surface area contributed by atoms with Crippen molar-refractivity contribution in [3.05, 3.63) is 29.8 Å². The van der Waals surface area contributed by atoms with Crippen LogP contribution in [0.25, 0.3) is 0 Å². The van der Waals surface area contributed by atoms with Crippen molar-refractivity contribution in [3.63, 3.8) is 0 Å². The number of hydrazine groups is 1. The fraction of sp³-hybridized carbons (Fsp3) is 0.455. The molecule has 3 nitrogen and oxygen atoms in total. The van der Waals surface area contributed by atoms with Gasteiger partial charge < -0.3 is 4.74 Å². The summed E-state index contributed by atoms with van der Waals surface area (Å²) in [5, 5.41) is 0. The molecule has 0 heterocycles. The van der Waals surface area contributed by atoms with E-state index in [0.717, 1.165) is 24.3 Å². The van der Waals surface area contributed by atoms with Crippen LogP contribution in [0.3, 0.4) is 0 Å². The van der Waals surface area contributed by atoms with E-state index in [4.69, 9.17) is 10.6 Å². The maximum atomic E-state index is 5.47. The lowest BCUT2D eigenvalue weighted by Crippen LogP contribution is -2.25. The number of nitrogens with one attached hydrogen (secondary N) is 1. The van der Waals surface area contributed by atoms with Crippen LogP contribution in [0.4, 0.5) is 0 Å². The Morgan fingerprint density at radius 2 is 2.00 bits per heavy atom. The zero-order valence-electron chi connectivity index (χ0n) is 8.79. The van der Waals surface area contributed by atoms with Crippen LogP contribution in [-0.2, 0) is 0 Å². The lowest BCUT2D eigenvalue weighted by molar-refractivity contribution is 0.317. The van der Waals surface area contributed by atoms with Gasteiger partial charge in [-0.25, -0.2) is 0 Å². The minimum atomic E-state index is 0.176. The number of hydrogen-bond donors (Lipinski definition) is 2. The molecule has 78 valence electrons. The Balaban J connectivity index is 2.59. The zero-order chi connectivity index (χ0) is 10.4. The molecule has 0 radical (unpaired) electrons. The SMILES string of the molecule is CCCOc1ccc(C(C)NN)cc1. The second-order valence-electron chi connectivity index (χ2n) is 3.31. The first-order valence-electron chi connectivity index (χ1n) is 4.96. The van der Waals surface area contributed by atoms with Gasteiger partial charge in [0.25, 0.3) is 0 Å². The second-order valence-corrected chi connectivity index (χ2v) is 3.31. The topological polar surface area (TPSA) is 47.3 Å². The van der Waals surface area contributed by atoms with Gasteiger partial charge in [0.05, 0.1) is 6.61 Å². The van der Waals surface area contributed by atoms with E-state index in [0.29, 0.717) is 0 Å². The second kappa shape index (κ2) is 5.62. The van der Waals surface area contributed by atoms with Gasteiger partial charge >= 0.3 is 0 Å². The molecule has 1 unspecified atom stereocenters. The Bertz CT molecular complexity index is 258. The van der Waals surface area contributed by atoms with Crippen LogP contribution in [-0.4, -0.2) is 6.61 Å². The molecule has 0 spiro atoms. The molecule has 0 fully saturated rings. The Morgan fingerprint density at radius 1 is 1.36 bits per heavy atom. The standard InChI is InChI=1S/C11H18N2O/c1-3-8-14-11-6-4-10(5-7-11)9(2)13-12/h4-7,9,13H,3,8,12H2,1-2H3. The molecule has 0 aliphatic rings. The highest BCUT2D eigenvalue weighted by molar-refractivity contribution is 5.28. The van der Waals surface area contributed by atoms with Crippen molar-refractivity contribution in [3.8, 4) is 5.75 Å². The number of nitrogens with two attached hydrogens (primary N) is 1. The lowest BCUT2D eigenvalue weighted by atomic mass is 10.1. The largest absolute Gasteiger partial charge is 0.494 e. The molecule has 0 bridgehead atoms. The molecule has 14 heavy (non-hydrogen) atoms. The number of benzene rings is 1. The summed E-state index contributed by atoms with van der Waals surface area (Å²) in [6, 6.07) is 8.16. The zero-order valence-corrected chi connectivity index (χ0v) is 8.79. The third-order valence-corrected chi connectivity index (χ3v) is 2.10. The van der Waals surface area contributed by atoms with E-state index >= 15 is 0 Å². The summed E-state index contributed by atoms with van der Waals surface area (Å²) in [5.74, 6) is 6.26. The Morgan fingerprint density at radius 3 is 2.50 bits per heavy atom. The van der Waals surface area contributed by atoms with Crippen LogP contribution >= 0.6 is 0 Å². The third kappa shape index (κ3) is 3.01. The first kappa shape index (κ1) is 11.0. The third-order valence-electron chi connectivity index (χ3n) is 2.10. The molecular formula is C11H18N2O. The van der Waals surface area contributed by atoms with E-state index in [2.05, 4.69) is 12.3 Å². The van der Waals surface area contributed by atoms with Gasteiger partial charge in [-0.3, -0.25) is 11.3 Å². The highest BCUT2D eigenvalue weighted by atomic mass is 16.5. The number of ether oxygens (including phenoxy) is 1. The number of rotatable bonds is 5. The molecule has 1 aromatic carbocycles. The summed E-state index contributed by atoms with van der Waals surface area (Å²) in [7, 11) is 0. The van der Waals surface area contributed by atoms with Gasteiger partial charge in [0, 0.05) is 6.04 Å². The first-order valence-corrected chi connectivity index (χ1v) is 4.96. The minimum absolute atomic E-state index is 0.176. The van der Waals surface area contributed by atoms with E-state index in [1.165, 1.54) is 0 Å².